The molecule has 3 rings (SSSR count). The fraction of sp³-hybridized carbons (Fsp3) is 0.136. The normalized spacial score (nSPS) is 10.2. The van der Waals surface area contributed by atoms with Crippen LogP contribution in [0.15, 0.2) is 53.9 Å². The minimum Gasteiger partial charge on any atom is -0.496 e. The highest BCUT2D eigenvalue weighted by Crippen LogP contribution is 2.29. The summed E-state index contributed by atoms with van der Waals surface area (Å²) >= 11 is 6.62. The largest absolute Gasteiger partial charge is 0.496 e. The topological polar surface area (TPSA) is 88.7 Å². The van der Waals surface area contributed by atoms with Crippen molar-refractivity contribution in [2.75, 3.05) is 24.9 Å². The van der Waals surface area contributed by atoms with Crippen LogP contribution >= 0.6 is 23.6 Å². The van der Waals surface area contributed by atoms with Gasteiger partial charge >= 0.3 is 0 Å². The number of hydrogen-bond acceptors (Lipinski definition) is 6. The summed E-state index contributed by atoms with van der Waals surface area (Å²) in [5.41, 5.74) is 2.34. The van der Waals surface area contributed by atoms with Gasteiger partial charge in [-0.3, -0.25) is 14.9 Å². The Morgan fingerprint density at radius 2 is 1.77 bits per heavy atom. The lowest BCUT2D eigenvalue weighted by Gasteiger charge is -2.15. The lowest BCUT2D eigenvalue weighted by atomic mass is 10.1. The van der Waals surface area contributed by atoms with E-state index in [1.165, 1.54) is 25.6 Å². The number of aryl methyl sites for hydroxylation is 1. The lowest BCUT2D eigenvalue weighted by Crippen LogP contribution is -2.34. The molecule has 2 aromatic carbocycles. The first-order valence-electron chi connectivity index (χ1n) is 9.21. The predicted molar refractivity (Wildman–Crippen MR) is 127 cm³/mol. The van der Waals surface area contributed by atoms with Gasteiger partial charge in [0.15, 0.2) is 5.11 Å². The van der Waals surface area contributed by atoms with E-state index in [1.807, 2.05) is 24.4 Å². The van der Waals surface area contributed by atoms with Crippen molar-refractivity contribution in [2.45, 2.75) is 6.92 Å². The smallest absolute Gasteiger partial charge is 0.265 e. The second kappa shape index (κ2) is 10.1. The van der Waals surface area contributed by atoms with Gasteiger partial charge in [0.1, 0.15) is 11.5 Å². The zero-order valence-corrected chi connectivity index (χ0v) is 18.8. The molecule has 0 saturated carbocycles. The maximum absolute atomic E-state index is 12.6. The van der Waals surface area contributed by atoms with Gasteiger partial charge < -0.3 is 20.1 Å². The molecule has 0 saturated heterocycles. The number of rotatable bonds is 6. The second-order valence-electron chi connectivity index (χ2n) is 6.41. The fourth-order valence-electron chi connectivity index (χ4n) is 2.90. The number of hydrogen-bond donors (Lipinski definition) is 3. The Balaban J connectivity index is 1.68. The van der Waals surface area contributed by atoms with E-state index in [1.54, 1.807) is 36.4 Å². The zero-order valence-electron chi connectivity index (χ0n) is 17.1. The van der Waals surface area contributed by atoms with E-state index in [4.69, 9.17) is 21.7 Å². The van der Waals surface area contributed by atoms with Crippen molar-refractivity contribution in [3.8, 4) is 11.5 Å². The van der Waals surface area contributed by atoms with E-state index in [0.29, 0.717) is 33.3 Å². The summed E-state index contributed by atoms with van der Waals surface area (Å²) in [6, 6.07) is 13.9. The van der Waals surface area contributed by atoms with Crippen LogP contribution in [-0.4, -0.2) is 31.1 Å². The SMILES string of the molecule is COc1cc(NC(=S)NC(=O)c2cccc(C)c2OC)ccc1NC(=O)c1cccs1. The minimum atomic E-state index is -0.384. The van der Waals surface area contributed by atoms with Gasteiger partial charge in [-0.25, -0.2) is 0 Å². The molecule has 1 heterocycles. The number of anilines is 2. The van der Waals surface area contributed by atoms with Crippen LogP contribution in [0, 0.1) is 6.92 Å². The number of para-hydroxylation sites is 1. The highest BCUT2D eigenvalue weighted by molar-refractivity contribution is 7.80. The van der Waals surface area contributed by atoms with Crippen LogP contribution in [-0.2, 0) is 0 Å². The predicted octanol–water partition coefficient (Wildman–Crippen LogP) is 4.45. The lowest BCUT2D eigenvalue weighted by molar-refractivity contribution is 0.0973. The Labute approximate surface area is 189 Å². The molecule has 3 N–H and O–H groups in total. The first kappa shape index (κ1) is 22.3. The van der Waals surface area contributed by atoms with Crippen molar-refractivity contribution in [1.29, 1.82) is 0 Å². The average Bonchev–Trinajstić information content (AvgIpc) is 3.29. The first-order valence-corrected chi connectivity index (χ1v) is 10.5. The molecular weight excluding hydrogens is 434 g/mol. The highest BCUT2D eigenvalue weighted by atomic mass is 32.1. The molecule has 0 aliphatic carbocycles. The van der Waals surface area contributed by atoms with E-state index >= 15 is 0 Å². The van der Waals surface area contributed by atoms with Crippen LogP contribution in [0.2, 0.25) is 0 Å². The maximum Gasteiger partial charge on any atom is 0.265 e. The Kier molecular flexibility index (Phi) is 7.22. The van der Waals surface area contributed by atoms with E-state index in [2.05, 4.69) is 16.0 Å². The third-order valence-corrected chi connectivity index (χ3v) is 5.41. The van der Waals surface area contributed by atoms with Crippen LogP contribution in [0.25, 0.3) is 0 Å². The van der Waals surface area contributed by atoms with E-state index in [-0.39, 0.29) is 16.9 Å². The van der Waals surface area contributed by atoms with E-state index in [9.17, 15) is 9.59 Å². The van der Waals surface area contributed by atoms with Crippen LogP contribution in [0.4, 0.5) is 11.4 Å². The minimum absolute atomic E-state index is 0.117. The molecule has 3 aromatic rings. The number of thiocarbonyl (C=S) groups is 1. The van der Waals surface area contributed by atoms with E-state index < -0.39 is 0 Å². The molecule has 160 valence electrons. The van der Waals surface area contributed by atoms with Crippen molar-refractivity contribution in [1.82, 2.24) is 5.32 Å². The fourth-order valence-corrected chi connectivity index (χ4v) is 3.73. The van der Waals surface area contributed by atoms with Crippen LogP contribution in [0.1, 0.15) is 25.6 Å². The van der Waals surface area contributed by atoms with Crippen LogP contribution < -0.4 is 25.4 Å². The molecule has 9 heteroatoms. The van der Waals surface area contributed by atoms with Crippen molar-refractivity contribution in [2.24, 2.45) is 0 Å². The van der Waals surface area contributed by atoms with E-state index in [0.717, 1.165) is 5.56 Å². The van der Waals surface area contributed by atoms with Crippen molar-refractivity contribution in [3.63, 3.8) is 0 Å². The highest BCUT2D eigenvalue weighted by Gasteiger charge is 2.16. The zero-order chi connectivity index (χ0) is 22.4. The average molecular weight is 456 g/mol. The first-order chi connectivity index (χ1) is 14.9. The molecule has 0 unspecified atom stereocenters. The molecule has 0 spiro atoms. The standard InChI is InChI=1S/C22H21N3O4S2/c1-13-6-4-7-15(19(13)29-3)20(26)25-22(30)23-14-9-10-16(17(12-14)28-2)24-21(27)18-8-5-11-31-18/h4-12H,1-3H3,(H,24,27)(H2,23,25,26,30). The van der Waals surface area contributed by atoms with Gasteiger partial charge in [0.25, 0.3) is 11.8 Å². The number of thiophene rings is 1. The molecule has 0 aliphatic heterocycles. The van der Waals surface area contributed by atoms with Crippen molar-refractivity contribution < 1.29 is 19.1 Å². The van der Waals surface area contributed by atoms with Crippen LogP contribution in [0.5, 0.6) is 11.5 Å². The van der Waals surface area contributed by atoms with Gasteiger partial charge in [-0.05, 0) is 54.4 Å². The summed E-state index contributed by atoms with van der Waals surface area (Å²) in [6.45, 7) is 1.86. The van der Waals surface area contributed by atoms with Crippen LogP contribution in [0.3, 0.4) is 0 Å². The maximum atomic E-state index is 12.6. The Hall–Kier alpha value is -3.43. The molecule has 0 aliphatic rings. The molecule has 0 bridgehead atoms. The molecule has 7 nitrogen and oxygen atoms in total. The number of carbonyl (C=O) groups excluding carboxylic acids is 2. The molecule has 0 radical (unpaired) electrons. The third-order valence-electron chi connectivity index (χ3n) is 4.34. The van der Waals surface area contributed by atoms with Gasteiger partial charge in [0.2, 0.25) is 0 Å². The number of benzene rings is 2. The summed E-state index contributed by atoms with van der Waals surface area (Å²) in [5, 5.41) is 10.4. The number of carbonyl (C=O) groups is 2. The Bertz CT molecular complexity index is 1110. The van der Waals surface area contributed by atoms with Gasteiger partial charge in [-0.1, -0.05) is 18.2 Å². The molecule has 0 fully saturated rings. The van der Waals surface area contributed by atoms with Crippen molar-refractivity contribution >= 4 is 51.9 Å². The van der Waals surface area contributed by atoms with Gasteiger partial charge in [0.05, 0.1) is 30.3 Å². The third kappa shape index (κ3) is 5.39. The van der Waals surface area contributed by atoms with Gasteiger partial charge in [-0.15, -0.1) is 11.3 Å². The summed E-state index contributed by atoms with van der Waals surface area (Å²) in [5.74, 6) is 0.341. The molecule has 31 heavy (non-hydrogen) atoms. The van der Waals surface area contributed by atoms with Gasteiger partial charge in [-0.2, -0.15) is 0 Å². The summed E-state index contributed by atoms with van der Waals surface area (Å²) < 4.78 is 10.7. The van der Waals surface area contributed by atoms with Gasteiger partial charge in [0, 0.05) is 11.8 Å². The Morgan fingerprint density at radius 3 is 2.45 bits per heavy atom. The monoisotopic (exact) mass is 455 g/mol. The quantitative estimate of drug-likeness (QED) is 0.476. The summed E-state index contributed by atoms with van der Waals surface area (Å²) in [7, 11) is 3.02. The number of amides is 2. The molecular formula is C22H21N3O4S2. The number of methoxy groups -OCH3 is 2. The molecule has 2 amide bonds. The summed E-state index contributed by atoms with van der Waals surface area (Å²) in [6.07, 6.45) is 0. The van der Waals surface area contributed by atoms with Crippen molar-refractivity contribution in [3.05, 3.63) is 69.9 Å². The number of ether oxygens (including phenoxy) is 2. The second-order valence-corrected chi connectivity index (χ2v) is 7.77. The number of nitrogens with one attached hydrogen (secondary N) is 3. The molecule has 1 aromatic heterocycles. The molecule has 0 atom stereocenters. The Morgan fingerprint density at radius 1 is 0.968 bits per heavy atom. The summed E-state index contributed by atoms with van der Waals surface area (Å²) in [4.78, 5) is 25.5.